The van der Waals surface area contributed by atoms with Crippen LogP contribution >= 0.6 is 0 Å². The van der Waals surface area contributed by atoms with Crippen molar-refractivity contribution in [2.24, 2.45) is 11.8 Å². The summed E-state index contributed by atoms with van der Waals surface area (Å²) in [6.07, 6.45) is 0.0865. The highest BCUT2D eigenvalue weighted by molar-refractivity contribution is 6.25. The van der Waals surface area contributed by atoms with Crippen molar-refractivity contribution >= 4 is 23.2 Å². The lowest BCUT2D eigenvalue weighted by molar-refractivity contribution is -0.758. The molecule has 1 saturated heterocycles. The molecule has 45 heavy (non-hydrogen) atoms. The molecule has 3 aliphatic carbocycles. The Kier molecular flexibility index (Phi) is 8.16. The molecule has 1 aliphatic heterocycles. The molecule has 1 amide bonds. The van der Waals surface area contributed by atoms with Crippen molar-refractivity contribution in [2.45, 2.75) is 55.6 Å². The second-order valence-corrected chi connectivity index (χ2v) is 12.3. The Morgan fingerprint density at radius 1 is 1.20 bits per heavy atom. The summed E-state index contributed by atoms with van der Waals surface area (Å²) < 4.78 is 0. The largest absolute Gasteiger partial charge is 0.508 e. The number of amides is 1. The number of phenols is 1. The number of hydrogen-bond acceptors (Lipinski definition) is 14. The van der Waals surface area contributed by atoms with Crippen molar-refractivity contribution in [1.82, 2.24) is 15.1 Å². The van der Waals surface area contributed by atoms with Gasteiger partial charge in [0.1, 0.15) is 29.4 Å². The number of Topliss-reactive ketones (excluding diaryl/α,β-unsaturated/α-hetero) is 2. The minimum Gasteiger partial charge on any atom is -0.508 e. The van der Waals surface area contributed by atoms with Gasteiger partial charge in [-0.3, -0.25) is 24.2 Å². The van der Waals surface area contributed by atoms with Gasteiger partial charge in [0.2, 0.25) is 5.78 Å². The van der Waals surface area contributed by atoms with Crippen LogP contribution in [0, 0.1) is 22.0 Å². The number of aliphatic hydroxyl groups is 5. The molecule has 7 N–H and O–H groups in total. The third kappa shape index (κ3) is 4.84. The molecule has 5 rings (SSSR count). The second-order valence-electron chi connectivity index (χ2n) is 12.3. The smallest absolute Gasteiger partial charge is 0.294 e. The fraction of sp³-hybridized carbons (Fsp3) is 0.552. The van der Waals surface area contributed by atoms with E-state index in [0.29, 0.717) is 13.0 Å². The Morgan fingerprint density at radius 3 is 2.53 bits per heavy atom. The first-order valence-corrected chi connectivity index (χ1v) is 14.4. The van der Waals surface area contributed by atoms with Crippen molar-refractivity contribution in [3.63, 3.8) is 0 Å². The van der Waals surface area contributed by atoms with Gasteiger partial charge < -0.3 is 40.8 Å². The number of rotatable bonds is 7. The van der Waals surface area contributed by atoms with Crippen LogP contribution in [0.5, 0.6) is 5.75 Å². The zero-order valence-electron chi connectivity index (χ0n) is 24.8. The zero-order valence-corrected chi connectivity index (χ0v) is 24.8. The highest BCUT2D eigenvalue weighted by Gasteiger charge is 2.70. The van der Waals surface area contributed by atoms with Gasteiger partial charge in [0.05, 0.1) is 47.4 Å². The van der Waals surface area contributed by atoms with Crippen molar-refractivity contribution < 1.29 is 54.9 Å². The average Bonchev–Trinajstić information content (AvgIpc) is 2.97. The lowest BCUT2D eigenvalue weighted by atomic mass is 9.53. The fourth-order valence-corrected chi connectivity index (χ4v) is 7.44. The maximum atomic E-state index is 14.2. The number of benzene rings is 1. The first-order valence-electron chi connectivity index (χ1n) is 14.4. The maximum absolute atomic E-state index is 14.2. The number of aromatic hydroxyl groups is 1. The molecule has 0 spiro atoms. The Hall–Kier alpha value is -4.09. The lowest BCUT2D eigenvalue weighted by Crippen LogP contribution is -2.72. The first-order chi connectivity index (χ1) is 21.1. The van der Waals surface area contributed by atoms with Gasteiger partial charge in [-0.05, 0) is 45.5 Å². The number of ketones is 2. The summed E-state index contributed by atoms with van der Waals surface area (Å²) in [5.74, 6) is -9.65. The molecule has 0 bridgehead atoms. The second kappa shape index (κ2) is 11.4. The predicted molar refractivity (Wildman–Crippen MR) is 153 cm³/mol. The monoisotopic (exact) mass is 632 g/mol. The predicted octanol–water partition coefficient (Wildman–Crippen LogP) is -0.749. The fourth-order valence-electron chi connectivity index (χ4n) is 7.44. The van der Waals surface area contributed by atoms with Gasteiger partial charge in [-0.15, -0.1) is 10.1 Å². The maximum Gasteiger partial charge on any atom is 0.294 e. The number of hydrogen-bond donors (Lipinski definition) is 7. The summed E-state index contributed by atoms with van der Waals surface area (Å²) in [6, 6.07) is 1.97. The molecule has 1 heterocycles. The summed E-state index contributed by atoms with van der Waals surface area (Å²) in [5.41, 5.74) is -7.19. The lowest BCUT2D eigenvalue weighted by Gasteiger charge is -2.55. The molecule has 1 aromatic carbocycles. The summed E-state index contributed by atoms with van der Waals surface area (Å²) in [6.45, 7) is 1.21. The van der Waals surface area contributed by atoms with Crippen LogP contribution in [-0.2, 0) is 24.8 Å². The van der Waals surface area contributed by atoms with Crippen LogP contribution in [-0.4, -0.2) is 121 Å². The number of phenolic OH excluding ortho intramolecular Hbond substituents is 1. The number of carbonyl (C=O) groups excluding carboxylic acids is 3. The first kappa shape index (κ1) is 32.3. The topological polar surface area (TPSA) is 243 Å². The minimum absolute atomic E-state index is 0.0194. The molecule has 16 heteroatoms. The van der Waals surface area contributed by atoms with Gasteiger partial charge in [0.15, 0.2) is 11.4 Å². The Balaban J connectivity index is 1.57. The number of likely N-dealkylation sites (tertiary alicyclic amines) is 1. The minimum atomic E-state index is -3.11. The summed E-state index contributed by atoms with van der Waals surface area (Å²) in [5, 5.41) is 80.9. The van der Waals surface area contributed by atoms with Crippen molar-refractivity contribution in [3.05, 3.63) is 56.3 Å². The van der Waals surface area contributed by atoms with Crippen LogP contribution in [0.2, 0.25) is 0 Å². The van der Waals surface area contributed by atoms with Crippen LogP contribution in [0.3, 0.4) is 0 Å². The highest BCUT2D eigenvalue weighted by Crippen LogP contribution is 2.57. The van der Waals surface area contributed by atoms with E-state index in [-0.39, 0.29) is 24.4 Å². The third-order valence-electron chi connectivity index (χ3n) is 9.58. The number of piperidine rings is 1. The summed E-state index contributed by atoms with van der Waals surface area (Å²) >= 11 is 0. The highest BCUT2D eigenvalue weighted by atomic mass is 16.9. The Morgan fingerprint density at radius 2 is 1.89 bits per heavy atom. The zero-order chi connectivity index (χ0) is 33.2. The van der Waals surface area contributed by atoms with Gasteiger partial charge in [-0.2, -0.15) is 0 Å². The van der Waals surface area contributed by atoms with E-state index in [0.717, 1.165) is 12.8 Å². The molecule has 2 fully saturated rings. The van der Waals surface area contributed by atoms with Gasteiger partial charge in [-0.25, -0.2) is 0 Å². The third-order valence-corrected chi connectivity index (χ3v) is 9.58. The summed E-state index contributed by atoms with van der Waals surface area (Å²) in [4.78, 5) is 59.7. The van der Waals surface area contributed by atoms with Crippen LogP contribution in [0.15, 0.2) is 35.1 Å². The molecule has 6 unspecified atom stereocenters. The van der Waals surface area contributed by atoms with Crippen molar-refractivity contribution in [2.75, 3.05) is 33.9 Å². The molecule has 1 aromatic rings. The number of nitrogens with one attached hydrogen (secondary N) is 1. The molecular formula is C29H36N4O12. The van der Waals surface area contributed by atoms with Crippen LogP contribution in [0.25, 0.3) is 5.76 Å². The van der Waals surface area contributed by atoms with E-state index in [1.54, 1.807) is 4.90 Å². The Bertz CT molecular complexity index is 1520. The molecule has 1 saturated carbocycles. The molecule has 7 atom stereocenters. The number of likely N-dealkylation sites (N-methyl/N-ethyl adjacent to an activating group) is 1. The van der Waals surface area contributed by atoms with Crippen molar-refractivity contribution in [1.29, 1.82) is 0 Å². The van der Waals surface area contributed by atoms with Crippen LogP contribution in [0.1, 0.15) is 37.3 Å². The molecule has 16 nitrogen and oxygen atoms in total. The standard InChI is InChI=1S/C29H36N4O12/c1-28(41)14-8-6-9-15(34)16(14)22(35)17-19(28)24(37)20-21(31(2)3)23(36)18(26(39)29(20,42)25(17)38)27(40)30-12-32-10-5-4-7-13(32)11-45-33(43)44/h6,8-9,13,19-21,24,34-35,37,39,41-42H,4-5,7,10-12H2,1-3H3,(H,30,40)/t13?,19?,20?,21?,24-,28?,29?/m0/s1. The van der Waals surface area contributed by atoms with Gasteiger partial charge in [0.25, 0.3) is 11.0 Å². The van der Waals surface area contributed by atoms with Gasteiger partial charge in [0, 0.05) is 12.6 Å². The number of nitrogens with zero attached hydrogens (tertiary/aromatic N) is 3. The van der Waals surface area contributed by atoms with Gasteiger partial charge >= 0.3 is 0 Å². The SMILES string of the molecule is CN(C)C1C(=O)C(C(=O)NCN2CCCCC2CO[N+](=O)[O-])=C(O)C2(O)C(=O)C3=C(O)c4c(O)cccc4C(C)(O)C3[C@H](O)C12. The quantitative estimate of drug-likeness (QED) is 0.111. The van der Waals surface area contributed by atoms with E-state index in [2.05, 4.69) is 10.2 Å². The van der Waals surface area contributed by atoms with E-state index >= 15 is 0 Å². The van der Waals surface area contributed by atoms with Crippen LogP contribution in [0.4, 0.5) is 0 Å². The van der Waals surface area contributed by atoms with E-state index in [4.69, 9.17) is 0 Å². The van der Waals surface area contributed by atoms with E-state index in [1.165, 1.54) is 44.1 Å². The molecule has 0 radical (unpaired) electrons. The molecule has 244 valence electrons. The summed E-state index contributed by atoms with van der Waals surface area (Å²) in [7, 11) is 2.81. The van der Waals surface area contributed by atoms with E-state index in [9.17, 15) is 55.1 Å². The van der Waals surface area contributed by atoms with Crippen LogP contribution < -0.4 is 5.32 Å². The van der Waals surface area contributed by atoms with Crippen molar-refractivity contribution in [3.8, 4) is 5.75 Å². The number of carbonyl (C=O) groups is 3. The van der Waals surface area contributed by atoms with E-state index in [1.807, 2.05) is 0 Å². The Labute approximate surface area is 256 Å². The van der Waals surface area contributed by atoms with Gasteiger partial charge in [-0.1, -0.05) is 18.6 Å². The normalized spacial score (nSPS) is 33.4. The molecule has 4 aliphatic rings. The number of aliphatic hydroxyl groups excluding tert-OH is 3. The molecule has 0 aromatic heterocycles. The molecular weight excluding hydrogens is 596 g/mol. The number of fused-ring (bicyclic) bond motifs is 3. The average molecular weight is 633 g/mol. The van der Waals surface area contributed by atoms with E-state index < -0.39 is 92.2 Å².